The second-order valence-electron chi connectivity index (χ2n) is 4.77. The molecule has 1 aromatic carbocycles. The molecular formula is C16H21NO2. The van der Waals surface area contributed by atoms with Gasteiger partial charge in [0.15, 0.2) is 0 Å². The highest BCUT2D eigenvalue weighted by Gasteiger charge is 2.26. The molecule has 0 spiro atoms. The molecule has 102 valence electrons. The smallest absolute Gasteiger partial charge is 0.230 e. The Balaban J connectivity index is 2.27. The van der Waals surface area contributed by atoms with E-state index >= 15 is 0 Å². The van der Waals surface area contributed by atoms with Crippen LogP contribution in [-0.4, -0.2) is 24.0 Å². The van der Waals surface area contributed by atoms with Crippen LogP contribution in [0, 0.1) is 5.92 Å². The Hall–Kier alpha value is -1.77. The lowest BCUT2D eigenvalue weighted by Crippen LogP contribution is -2.36. The van der Waals surface area contributed by atoms with Gasteiger partial charge in [-0.2, -0.15) is 0 Å². The molecule has 1 aliphatic rings. The molecule has 0 radical (unpaired) electrons. The van der Waals surface area contributed by atoms with Crippen LogP contribution in [0.4, 0.5) is 0 Å². The molecule has 3 heteroatoms. The molecule has 0 saturated heterocycles. The molecule has 3 nitrogen and oxygen atoms in total. The molecular weight excluding hydrogens is 238 g/mol. The molecule has 0 aliphatic carbocycles. The summed E-state index contributed by atoms with van der Waals surface area (Å²) in [7, 11) is 0. The number of carbonyl (C=O) groups is 1. The zero-order valence-electron chi connectivity index (χ0n) is 11.8. The average Bonchev–Trinajstić information content (AvgIpc) is 2.43. The van der Waals surface area contributed by atoms with Crippen molar-refractivity contribution in [3.8, 4) is 5.75 Å². The third-order valence-corrected chi connectivity index (χ3v) is 3.42. The van der Waals surface area contributed by atoms with Crippen LogP contribution in [0.15, 0.2) is 30.3 Å². The number of ether oxygens (including phenoxy) is 1. The van der Waals surface area contributed by atoms with Gasteiger partial charge in [0.25, 0.3) is 0 Å². The molecule has 0 saturated carbocycles. The van der Waals surface area contributed by atoms with E-state index in [1.54, 1.807) is 0 Å². The maximum atomic E-state index is 12.2. The van der Waals surface area contributed by atoms with E-state index in [0.29, 0.717) is 13.2 Å². The molecule has 1 heterocycles. The summed E-state index contributed by atoms with van der Waals surface area (Å²) in [5.74, 6) is 1.17. The SMILES string of the molecule is CCOc1ccc(C2=CCC(C)C(=O)N2CC)cc1. The van der Waals surface area contributed by atoms with Crippen LogP contribution in [0.1, 0.15) is 32.8 Å². The van der Waals surface area contributed by atoms with E-state index < -0.39 is 0 Å². The van der Waals surface area contributed by atoms with Gasteiger partial charge in [-0.15, -0.1) is 0 Å². The molecule has 1 unspecified atom stereocenters. The quantitative estimate of drug-likeness (QED) is 0.830. The van der Waals surface area contributed by atoms with Crippen molar-refractivity contribution in [3.05, 3.63) is 35.9 Å². The first-order valence-electron chi connectivity index (χ1n) is 6.92. The van der Waals surface area contributed by atoms with Gasteiger partial charge in [0.2, 0.25) is 5.91 Å². The van der Waals surface area contributed by atoms with Crippen molar-refractivity contribution in [1.82, 2.24) is 4.90 Å². The first-order chi connectivity index (χ1) is 9.17. The maximum Gasteiger partial charge on any atom is 0.230 e. The largest absolute Gasteiger partial charge is 0.494 e. The zero-order chi connectivity index (χ0) is 13.8. The van der Waals surface area contributed by atoms with Gasteiger partial charge >= 0.3 is 0 Å². The van der Waals surface area contributed by atoms with Gasteiger partial charge in [0.05, 0.1) is 6.61 Å². The molecule has 1 aliphatic heterocycles. The minimum Gasteiger partial charge on any atom is -0.494 e. The van der Waals surface area contributed by atoms with Crippen LogP contribution in [0.25, 0.3) is 5.70 Å². The van der Waals surface area contributed by atoms with Crippen LogP contribution in [0.5, 0.6) is 5.75 Å². The fourth-order valence-corrected chi connectivity index (χ4v) is 2.37. The molecule has 0 N–H and O–H groups in total. The standard InChI is InChI=1S/C16H21NO2/c1-4-17-15(11-6-12(3)16(17)18)13-7-9-14(10-8-13)19-5-2/h7-12H,4-6H2,1-3H3. The predicted molar refractivity (Wildman–Crippen MR) is 76.8 cm³/mol. The van der Waals surface area contributed by atoms with Crippen LogP contribution in [0.3, 0.4) is 0 Å². The van der Waals surface area contributed by atoms with Crippen LogP contribution in [-0.2, 0) is 4.79 Å². The number of hydrogen-bond donors (Lipinski definition) is 0. The number of carbonyl (C=O) groups excluding carboxylic acids is 1. The second-order valence-corrected chi connectivity index (χ2v) is 4.77. The third-order valence-electron chi connectivity index (χ3n) is 3.42. The van der Waals surface area contributed by atoms with Crippen molar-refractivity contribution >= 4 is 11.6 Å². The minimum absolute atomic E-state index is 0.0893. The summed E-state index contributed by atoms with van der Waals surface area (Å²) >= 11 is 0. The normalized spacial score (nSPS) is 19.3. The van der Waals surface area contributed by atoms with Crippen molar-refractivity contribution in [1.29, 1.82) is 0 Å². The first-order valence-corrected chi connectivity index (χ1v) is 6.92. The summed E-state index contributed by atoms with van der Waals surface area (Å²) in [5, 5.41) is 0. The number of nitrogens with zero attached hydrogens (tertiary/aromatic N) is 1. The van der Waals surface area contributed by atoms with Gasteiger partial charge < -0.3 is 9.64 Å². The number of amides is 1. The molecule has 1 aromatic rings. The highest BCUT2D eigenvalue weighted by molar-refractivity contribution is 5.90. The molecule has 1 amide bonds. The van der Waals surface area contributed by atoms with Crippen LogP contribution >= 0.6 is 0 Å². The monoisotopic (exact) mass is 259 g/mol. The van der Waals surface area contributed by atoms with E-state index in [4.69, 9.17) is 4.74 Å². The van der Waals surface area contributed by atoms with Gasteiger partial charge in [0.1, 0.15) is 5.75 Å². The molecule has 0 bridgehead atoms. The summed E-state index contributed by atoms with van der Waals surface area (Å²) in [6.45, 7) is 7.34. The van der Waals surface area contributed by atoms with Gasteiger partial charge in [0, 0.05) is 18.2 Å². The summed E-state index contributed by atoms with van der Waals surface area (Å²) in [6, 6.07) is 7.94. The fraction of sp³-hybridized carbons (Fsp3) is 0.438. The Kier molecular flexibility index (Phi) is 4.25. The molecule has 0 aromatic heterocycles. The predicted octanol–water partition coefficient (Wildman–Crippen LogP) is 3.31. The molecule has 2 rings (SSSR count). The lowest BCUT2D eigenvalue weighted by molar-refractivity contribution is -0.131. The van der Waals surface area contributed by atoms with Crippen LogP contribution < -0.4 is 4.74 Å². The molecule has 19 heavy (non-hydrogen) atoms. The van der Waals surface area contributed by atoms with Crippen molar-refractivity contribution in [2.75, 3.05) is 13.2 Å². The summed E-state index contributed by atoms with van der Waals surface area (Å²) in [5.41, 5.74) is 2.10. The van der Waals surface area contributed by atoms with Gasteiger partial charge in [-0.25, -0.2) is 0 Å². The van der Waals surface area contributed by atoms with E-state index in [-0.39, 0.29) is 11.8 Å². The Morgan fingerprint density at radius 1 is 1.26 bits per heavy atom. The van der Waals surface area contributed by atoms with E-state index in [1.165, 1.54) is 0 Å². The fourth-order valence-electron chi connectivity index (χ4n) is 2.37. The first kappa shape index (κ1) is 13.7. The van der Waals surface area contributed by atoms with Gasteiger partial charge in [-0.1, -0.05) is 13.0 Å². The van der Waals surface area contributed by atoms with Gasteiger partial charge in [-0.3, -0.25) is 4.79 Å². The number of benzene rings is 1. The highest BCUT2D eigenvalue weighted by atomic mass is 16.5. The van der Waals surface area contributed by atoms with E-state index in [1.807, 2.05) is 49.9 Å². The van der Waals surface area contributed by atoms with E-state index in [9.17, 15) is 4.79 Å². The molecule has 0 fully saturated rings. The lowest BCUT2D eigenvalue weighted by Gasteiger charge is -2.31. The van der Waals surface area contributed by atoms with Crippen molar-refractivity contribution in [2.45, 2.75) is 27.2 Å². The van der Waals surface area contributed by atoms with Crippen molar-refractivity contribution in [2.24, 2.45) is 5.92 Å². The Morgan fingerprint density at radius 3 is 2.53 bits per heavy atom. The molecule has 1 atom stereocenters. The number of allylic oxidation sites excluding steroid dienone is 1. The van der Waals surface area contributed by atoms with Crippen molar-refractivity contribution in [3.63, 3.8) is 0 Å². The summed E-state index contributed by atoms with van der Waals surface area (Å²) in [4.78, 5) is 14.0. The number of hydrogen-bond acceptors (Lipinski definition) is 2. The third kappa shape index (κ3) is 2.80. The van der Waals surface area contributed by atoms with Gasteiger partial charge in [-0.05, 0) is 50.1 Å². The Morgan fingerprint density at radius 2 is 1.95 bits per heavy atom. The Labute approximate surface area is 114 Å². The summed E-state index contributed by atoms with van der Waals surface area (Å²) in [6.07, 6.45) is 2.98. The summed E-state index contributed by atoms with van der Waals surface area (Å²) < 4.78 is 5.44. The van der Waals surface area contributed by atoms with E-state index in [0.717, 1.165) is 23.4 Å². The Bertz CT molecular complexity index is 476. The number of rotatable bonds is 4. The minimum atomic E-state index is 0.0893. The van der Waals surface area contributed by atoms with Crippen LogP contribution in [0.2, 0.25) is 0 Å². The maximum absolute atomic E-state index is 12.2. The second kappa shape index (κ2) is 5.91. The zero-order valence-corrected chi connectivity index (χ0v) is 11.8. The topological polar surface area (TPSA) is 29.5 Å². The van der Waals surface area contributed by atoms with E-state index in [2.05, 4.69) is 6.08 Å². The average molecular weight is 259 g/mol. The highest BCUT2D eigenvalue weighted by Crippen LogP contribution is 2.29. The van der Waals surface area contributed by atoms with Crippen molar-refractivity contribution < 1.29 is 9.53 Å². The lowest BCUT2D eigenvalue weighted by atomic mass is 9.97.